The first-order valence-electron chi connectivity index (χ1n) is 6.09. The van der Waals surface area contributed by atoms with Crippen LogP contribution in [-0.2, 0) is 10.0 Å². The number of nitrogens with two attached hydrogens (primary N) is 1. The predicted molar refractivity (Wildman–Crippen MR) is 72.3 cm³/mol. The highest BCUT2D eigenvalue weighted by Crippen LogP contribution is 2.31. The van der Waals surface area contributed by atoms with Crippen molar-refractivity contribution in [1.82, 2.24) is 0 Å². The highest BCUT2D eigenvalue weighted by Gasteiger charge is 2.16. The Morgan fingerprint density at radius 1 is 1.28 bits per heavy atom. The summed E-state index contributed by atoms with van der Waals surface area (Å²) in [6.45, 7) is 7.96. The van der Waals surface area contributed by atoms with Crippen LogP contribution in [0.4, 0.5) is 0 Å². The molecule has 1 aromatic carbocycles. The van der Waals surface area contributed by atoms with Gasteiger partial charge in [-0.15, -0.1) is 0 Å². The van der Waals surface area contributed by atoms with Crippen molar-refractivity contribution in [3.05, 3.63) is 23.8 Å². The molecule has 1 aromatic rings. The summed E-state index contributed by atoms with van der Waals surface area (Å²) in [5.41, 5.74) is 0.887. The van der Waals surface area contributed by atoms with Crippen LogP contribution in [0.1, 0.15) is 45.6 Å². The fraction of sp³-hybridized carbons (Fsp3) is 0.538. The van der Waals surface area contributed by atoms with Gasteiger partial charge in [-0.2, -0.15) is 0 Å². The molecule has 0 saturated carbocycles. The molecule has 1 atom stereocenters. The molecule has 0 bridgehead atoms. The molecule has 0 amide bonds. The minimum atomic E-state index is -3.67. The summed E-state index contributed by atoms with van der Waals surface area (Å²) in [4.78, 5) is 0.133. The average Bonchev–Trinajstić information content (AvgIpc) is 2.26. The number of ether oxygens (including phenoxy) is 1. The SMILES string of the molecule is CCC(C)c1cc(S(N)(=O)=O)ccc1OC(C)C. The van der Waals surface area contributed by atoms with Gasteiger partial charge in [0.15, 0.2) is 0 Å². The van der Waals surface area contributed by atoms with E-state index in [9.17, 15) is 8.42 Å². The normalized spacial score (nSPS) is 13.7. The number of hydrogen-bond acceptors (Lipinski definition) is 3. The maximum absolute atomic E-state index is 11.4. The molecule has 0 fully saturated rings. The number of hydrogen-bond donors (Lipinski definition) is 1. The van der Waals surface area contributed by atoms with Crippen LogP contribution in [0, 0.1) is 0 Å². The lowest BCUT2D eigenvalue weighted by Gasteiger charge is -2.18. The van der Waals surface area contributed by atoms with Gasteiger partial charge in [-0.3, -0.25) is 0 Å². The zero-order valence-corrected chi connectivity index (χ0v) is 12.1. The first-order chi connectivity index (χ1) is 8.25. The fourth-order valence-electron chi connectivity index (χ4n) is 1.67. The zero-order chi connectivity index (χ0) is 13.9. The van der Waals surface area contributed by atoms with E-state index in [1.807, 2.05) is 27.7 Å². The number of rotatable bonds is 5. The highest BCUT2D eigenvalue weighted by molar-refractivity contribution is 7.89. The molecule has 18 heavy (non-hydrogen) atoms. The summed E-state index contributed by atoms with van der Waals surface area (Å²) in [5, 5.41) is 5.15. The van der Waals surface area contributed by atoms with E-state index in [-0.39, 0.29) is 16.9 Å². The third-order valence-corrected chi connectivity index (χ3v) is 3.73. The number of primary sulfonamides is 1. The third-order valence-electron chi connectivity index (χ3n) is 2.82. The van der Waals surface area contributed by atoms with Crippen molar-refractivity contribution in [3.63, 3.8) is 0 Å². The number of sulfonamides is 1. The van der Waals surface area contributed by atoms with Crippen molar-refractivity contribution in [3.8, 4) is 5.75 Å². The summed E-state index contributed by atoms with van der Waals surface area (Å²) in [7, 11) is -3.67. The van der Waals surface area contributed by atoms with Gasteiger partial charge in [-0.05, 0) is 49.9 Å². The van der Waals surface area contributed by atoms with E-state index in [2.05, 4.69) is 0 Å². The van der Waals surface area contributed by atoms with Gasteiger partial charge in [0, 0.05) is 0 Å². The maximum atomic E-state index is 11.4. The van der Waals surface area contributed by atoms with Crippen molar-refractivity contribution >= 4 is 10.0 Å². The molecule has 0 aliphatic carbocycles. The van der Waals surface area contributed by atoms with Crippen LogP contribution in [0.5, 0.6) is 5.75 Å². The van der Waals surface area contributed by atoms with Crippen molar-refractivity contribution in [1.29, 1.82) is 0 Å². The van der Waals surface area contributed by atoms with Crippen LogP contribution in [0.2, 0.25) is 0 Å². The Morgan fingerprint density at radius 2 is 1.89 bits per heavy atom. The lowest BCUT2D eigenvalue weighted by Crippen LogP contribution is -2.14. The first kappa shape index (κ1) is 15.0. The van der Waals surface area contributed by atoms with Gasteiger partial charge in [-0.25, -0.2) is 13.6 Å². The molecule has 0 spiro atoms. The monoisotopic (exact) mass is 271 g/mol. The Labute approximate surface area is 109 Å². The van der Waals surface area contributed by atoms with Crippen LogP contribution >= 0.6 is 0 Å². The van der Waals surface area contributed by atoms with Crippen LogP contribution in [0.15, 0.2) is 23.1 Å². The van der Waals surface area contributed by atoms with Gasteiger partial charge in [0.05, 0.1) is 11.0 Å². The van der Waals surface area contributed by atoms with Crippen LogP contribution < -0.4 is 9.88 Å². The van der Waals surface area contributed by atoms with E-state index in [1.54, 1.807) is 12.1 Å². The highest BCUT2D eigenvalue weighted by atomic mass is 32.2. The molecule has 0 aliphatic rings. The minimum absolute atomic E-state index is 0.0492. The second kappa shape index (κ2) is 5.71. The summed E-state index contributed by atoms with van der Waals surface area (Å²) >= 11 is 0. The van der Waals surface area contributed by atoms with Gasteiger partial charge in [0.2, 0.25) is 10.0 Å². The van der Waals surface area contributed by atoms with Gasteiger partial charge in [-0.1, -0.05) is 13.8 Å². The van der Waals surface area contributed by atoms with Crippen molar-refractivity contribution < 1.29 is 13.2 Å². The molecule has 5 heteroatoms. The van der Waals surface area contributed by atoms with Gasteiger partial charge < -0.3 is 4.74 Å². The average molecular weight is 271 g/mol. The molecule has 1 rings (SSSR count). The first-order valence-corrected chi connectivity index (χ1v) is 7.63. The van der Waals surface area contributed by atoms with Gasteiger partial charge >= 0.3 is 0 Å². The maximum Gasteiger partial charge on any atom is 0.238 e. The zero-order valence-electron chi connectivity index (χ0n) is 11.3. The van der Waals surface area contributed by atoms with Crippen LogP contribution in [-0.4, -0.2) is 14.5 Å². The van der Waals surface area contributed by atoms with E-state index in [0.29, 0.717) is 0 Å². The van der Waals surface area contributed by atoms with Crippen LogP contribution in [0.3, 0.4) is 0 Å². The van der Waals surface area contributed by atoms with E-state index >= 15 is 0 Å². The van der Waals surface area contributed by atoms with E-state index in [0.717, 1.165) is 17.7 Å². The summed E-state index contributed by atoms with van der Waals surface area (Å²) in [5.74, 6) is 0.951. The largest absolute Gasteiger partial charge is 0.491 e. The molecular formula is C13H21NO3S. The molecule has 2 N–H and O–H groups in total. The third kappa shape index (κ3) is 3.71. The van der Waals surface area contributed by atoms with E-state index < -0.39 is 10.0 Å². The minimum Gasteiger partial charge on any atom is -0.491 e. The number of benzene rings is 1. The lowest BCUT2D eigenvalue weighted by molar-refractivity contribution is 0.238. The summed E-state index contributed by atoms with van der Waals surface area (Å²) < 4.78 is 28.4. The quantitative estimate of drug-likeness (QED) is 0.895. The van der Waals surface area contributed by atoms with Crippen LogP contribution in [0.25, 0.3) is 0 Å². The van der Waals surface area contributed by atoms with Crippen molar-refractivity contribution in [2.24, 2.45) is 5.14 Å². The smallest absolute Gasteiger partial charge is 0.238 e. The molecule has 0 saturated heterocycles. The Bertz CT molecular complexity index is 509. The molecule has 4 nitrogen and oxygen atoms in total. The predicted octanol–water partition coefficient (Wildman–Crippen LogP) is 2.63. The summed E-state index contributed by atoms with van der Waals surface area (Å²) in [6.07, 6.45) is 0.954. The van der Waals surface area contributed by atoms with Gasteiger partial charge in [0.1, 0.15) is 5.75 Å². The lowest BCUT2D eigenvalue weighted by atomic mass is 9.98. The second-order valence-corrected chi connectivity index (χ2v) is 6.28. The molecule has 0 radical (unpaired) electrons. The molecule has 1 unspecified atom stereocenters. The van der Waals surface area contributed by atoms with E-state index in [4.69, 9.17) is 9.88 Å². The Hall–Kier alpha value is -1.07. The molecule has 0 aromatic heterocycles. The standard InChI is InChI=1S/C13H21NO3S/c1-5-10(4)12-8-11(18(14,15)16)6-7-13(12)17-9(2)3/h6-10H,5H2,1-4H3,(H2,14,15,16). The Balaban J connectivity index is 3.29. The fourth-order valence-corrected chi connectivity index (χ4v) is 2.22. The summed E-state index contributed by atoms with van der Waals surface area (Å²) in [6, 6.07) is 4.78. The molecule has 0 aliphatic heterocycles. The molecule has 0 heterocycles. The van der Waals surface area contributed by atoms with Gasteiger partial charge in [0.25, 0.3) is 0 Å². The van der Waals surface area contributed by atoms with Crippen molar-refractivity contribution in [2.75, 3.05) is 0 Å². The Morgan fingerprint density at radius 3 is 2.33 bits per heavy atom. The van der Waals surface area contributed by atoms with Crippen molar-refractivity contribution in [2.45, 2.75) is 51.0 Å². The topological polar surface area (TPSA) is 69.4 Å². The molecule has 102 valence electrons. The van der Waals surface area contributed by atoms with E-state index in [1.165, 1.54) is 6.07 Å². The Kier molecular flexibility index (Phi) is 4.76. The molecular weight excluding hydrogens is 250 g/mol. The second-order valence-electron chi connectivity index (χ2n) is 4.72.